The number of esters is 1. The minimum absolute atomic E-state index is 0.0713. The molecule has 0 saturated carbocycles. The van der Waals surface area contributed by atoms with Crippen molar-refractivity contribution >= 4 is 34.1 Å². The second-order valence-electron chi connectivity index (χ2n) is 5.84. The van der Waals surface area contributed by atoms with Gasteiger partial charge in [0.05, 0.1) is 30.3 Å². The molecule has 2 rings (SSSR count). The van der Waals surface area contributed by atoms with Crippen LogP contribution in [0, 0.1) is 6.92 Å². The summed E-state index contributed by atoms with van der Waals surface area (Å²) >= 11 is 0.980. The van der Waals surface area contributed by atoms with Crippen molar-refractivity contribution < 1.29 is 33.5 Å². The van der Waals surface area contributed by atoms with Gasteiger partial charge in [0.15, 0.2) is 6.54 Å². The number of methoxy groups -OCH3 is 1. The summed E-state index contributed by atoms with van der Waals surface area (Å²) in [5, 5.41) is 3.00. The molecule has 2 amide bonds. The third kappa shape index (κ3) is 5.24. The van der Waals surface area contributed by atoms with Gasteiger partial charge in [-0.25, -0.2) is 4.79 Å². The first-order valence-corrected chi connectivity index (χ1v) is 9.06. The van der Waals surface area contributed by atoms with Gasteiger partial charge in [0.25, 0.3) is 11.8 Å². The minimum atomic E-state index is -0.655. The van der Waals surface area contributed by atoms with Crippen molar-refractivity contribution in [3.63, 3.8) is 0 Å². The van der Waals surface area contributed by atoms with Crippen molar-refractivity contribution in [2.75, 3.05) is 58.5 Å². The molecule has 1 aliphatic heterocycles. The first-order chi connectivity index (χ1) is 12.4. The lowest BCUT2D eigenvalue weighted by atomic mass is 10.1. The molecule has 2 heterocycles. The monoisotopic (exact) mass is 386 g/mol. The van der Waals surface area contributed by atoms with E-state index >= 15 is 0 Å². The van der Waals surface area contributed by atoms with Crippen LogP contribution in [0.1, 0.15) is 25.6 Å². The molecule has 4 N–H and O–H groups in total. The third-order valence-corrected chi connectivity index (χ3v) is 5.18. The van der Waals surface area contributed by atoms with Crippen molar-refractivity contribution in [2.45, 2.75) is 6.92 Å². The Balaban J connectivity index is 2.14. The van der Waals surface area contributed by atoms with Crippen LogP contribution >= 0.6 is 11.3 Å². The van der Waals surface area contributed by atoms with Gasteiger partial charge in [-0.1, -0.05) is 0 Å². The summed E-state index contributed by atoms with van der Waals surface area (Å²) in [4.78, 5) is 37.6. The number of hydrogen-bond acceptors (Lipinski definition) is 7. The molecule has 0 spiro atoms. The van der Waals surface area contributed by atoms with Gasteiger partial charge < -0.3 is 30.2 Å². The molecule has 9 nitrogen and oxygen atoms in total. The highest BCUT2D eigenvalue weighted by atomic mass is 32.1. The summed E-state index contributed by atoms with van der Waals surface area (Å²) in [6.45, 7) is 4.90. The summed E-state index contributed by atoms with van der Waals surface area (Å²) in [5.41, 5.74) is 5.93. The number of nitrogens with one attached hydrogen (secondary N) is 2. The minimum Gasteiger partial charge on any atom is -0.460 e. The van der Waals surface area contributed by atoms with E-state index in [1.54, 1.807) is 6.92 Å². The summed E-state index contributed by atoms with van der Waals surface area (Å²) in [6, 6.07) is 0. The van der Waals surface area contributed by atoms with E-state index in [9.17, 15) is 14.4 Å². The number of rotatable bonds is 8. The Bertz CT molecular complexity index is 669. The van der Waals surface area contributed by atoms with Crippen LogP contribution in [0.5, 0.6) is 0 Å². The molecule has 0 atom stereocenters. The van der Waals surface area contributed by atoms with Crippen molar-refractivity contribution in [3.8, 4) is 0 Å². The SMILES string of the molecule is COCCOC(=O)c1c(NC(=O)C[NH+]2CCOCC2)sc(C(N)=O)c1C. The third-order valence-electron chi connectivity index (χ3n) is 3.96. The van der Waals surface area contributed by atoms with Gasteiger partial charge in [-0.3, -0.25) is 9.59 Å². The van der Waals surface area contributed by atoms with Crippen molar-refractivity contribution in [1.29, 1.82) is 0 Å². The number of amides is 2. The van der Waals surface area contributed by atoms with E-state index < -0.39 is 11.9 Å². The first-order valence-electron chi connectivity index (χ1n) is 8.24. The molecule has 10 heteroatoms. The Labute approximate surface area is 155 Å². The van der Waals surface area contributed by atoms with Gasteiger partial charge in [-0.05, 0) is 12.5 Å². The Morgan fingerprint density at radius 1 is 1.27 bits per heavy atom. The molecule has 1 aromatic rings. The molecule has 1 saturated heterocycles. The number of carbonyl (C=O) groups excluding carboxylic acids is 3. The Morgan fingerprint density at radius 3 is 2.58 bits per heavy atom. The summed E-state index contributed by atoms with van der Waals surface area (Å²) in [5.74, 6) is -1.53. The number of carbonyl (C=O) groups is 3. The van der Waals surface area contributed by atoms with Gasteiger partial charge in [-0.15, -0.1) is 11.3 Å². The van der Waals surface area contributed by atoms with Crippen LogP contribution in [0.25, 0.3) is 0 Å². The lowest BCUT2D eigenvalue weighted by Gasteiger charge is -2.23. The van der Waals surface area contributed by atoms with E-state index in [-0.39, 0.29) is 41.1 Å². The van der Waals surface area contributed by atoms with Crippen LogP contribution in [0.4, 0.5) is 5.00 Å². The fraction of sp³-hybridized carbons (Fsp3) is 0.562. The van der Waals surface area contributed by atoms with Crippen LogP contribution in [0.3, 0.4) is 0 Å². The summed E-state index contributed by atoms with van der Waals surface area (Å²) in [6.07, 6.45) is 0. The van der Waals surface area contributed by atoms with E-state index in [2.05, 4.69) is 5.32 Å². The Hall–Kier alpha value is -2.01. The predicted octanol–water partition coefficient (Wildman–Crippen LogP) is -1.19. The number of thiophene rings is 1. The van der Waals surface area contributed by atoms with Crippen LogP contribution in [-0.4, -0.2) is 71.0 Å². The molecular formula is C16H24N3O6S+. The fourth-order valence-electron chi connectivity index (χ4n) is 2.61. The number of quaternary nitrogens is 1. The molecule has 0 radical (unpaired) electrons. The van der Waals surface area contributed by atoms with Gasteiger partial charge in [0, 0.05) is 7.11 Å². The Kier molecular flexibility index (Phi) is 7.51. The molecule has 1 aliphatic rings. The number of ether oxygens (including phenoxy) is 3. The van der Waals surface area contributed by atoms with Gasteiger partial charge in [-0.2, -0.15) is 0 Å². The molecule has 0 bridgehead atoms. The molecule has 1 fully saturated rings. The maximum Gasteiger partial charge on any atom is 0.341 e. The molecular weight excluding hydrogens is 362 g/mol. The first kappa shape index (κ1) is 20.3. The average molecular weight is 386 g/mol. The zero-order valence-corrected chi connectivity index (χ0v) is 15.7. The highest BCUT2D eigenvalue weighted by Gasteiger charge is 2.27. The number of nitrogens with two attached hydrogens (primary N) is 1. The maximum absolute atomic E-state index is 12.4. The molecule has 0 unspecified atom stereocenters. The Morgan fingerprint density at radius 2 is 1.96 bits per heavy atom. The number of anilines is 1. The highest BCUT2D eigenvalue weighted by Crippen LogP contribution is 2.33. The molecule has 26 heavy (non-hydrogen) atoms. The topological polar surface area (TPSA) is 121 Å². The maximum atomic E-state index is 12.4. The molecule has 0 aromatic carbocycles. The number of hydrogen-bond donors (Lipinski definition) is 3. The van der Waals surface area contributed by atoms with E-state index in [4.69, 9.17) is 19.9 Å². The van der Waals surface area contributed by atoms with Crippen LogP contribution < -0.4 is 16.0 Å². The molecule has 0 aliphatic carbocycles. The average Bonchev–Trinajstić information content (AvgIpc) is 2.92. The molecule has 1 aromatic heterocycles. The van der Waals surface area contributed by atoms with Gasteiger partial charge in [0.2, 0.25) is 0 Å². The lowest BCUT2D eigenvalue weighted by molar-refractivity contribution is -0.899. The van der Waals surface area contributed by atoms with E-state index in [0.29, 0.717) is 18.8 Å². The largest absolute Gasteiger partial charge is 0.460 e. The summed E-state index contributed by atoms with van der Waals surface area (Å²) in [7, 11) is 1.49. The normalized spacial score (nSPS) is 14.8. The highest BCUT2D eigenvalue weighted by molar-refractivity contribution is 7.18. The van der Waals surface area contributed by atoms with Crippen LogP contribution in [0.2, 0.25) is 0 Å². The van der Waals surface area contributed by atoms with Crippen LogP contribution in [0.15, 0.2) is 0 Å². The molecule has 144 valence electrons. The van der Waals surface area contributed by atoms with Crippen LogP contribution in [-0.2, 0) is 19.0 Å². The van der Waals surface area contributed by atoms with E-state index in [1.807, 2.05) is 0 Å². The van der Waals surface area contributed by atoms with E-state index in [0.717, 1.165) is 29.3 Å². The lowest BCUT2D eigenvalue weighted by Crippen LogP contribution is -3.15. The second kappa shape index (κ2) is 9.62. The fourth-order valence-corrected chi connectivity index (χ4v) is 3.67. The quantitative estimate of drug-likeness (QED) is 0.382. The smallest absolute Gasteiger partial charge is 0.341 e. The second-order valence-corrected chi connectivity index (χ2v) is 6.86. The van der Waals surface area contributed by atoms with Crippen molar-refractivity contribution in [3.05, 3.63) is 16.0 Å². The summed E-state index contributed by atoms with van der Waals surface area (Å²) < 4.78 is 15.3. The standard InChI is InChI=1S/C16H23N3O6S/c1-10-12(16(22)25-8-7-23-2)15(26-13(10)14(17)21)18-11(20)9-19-3-5-24-6-4-19/h3-9H2,1-2H3,(H2,17,21)(H,18,20)/p+1. The van der Waals surface area contributed by atoms with Gasteiger partial charge >= 0.3 is 5.97 Å². The van der Waals surface area contributed by atoms with Gasteiger partial charge in [0.1, 0.15) is 24.7 Å². The van der Waals surface area contributed by atoms with Crippen molar-refractivity contribution in [2.24, 2.45) is 5.73 Å². The number of morpholine rings is 1. The number of primary amides is 1. The zero-order chi connectivity index (χ0) is 19.1. The zero-order valence-electron chi connectivity index (χ0n) is 14.9. The van der Waals surface area contributed by atoms with Crippen molar-refractivity contribution in [1.82, 2.24) is 0 Å². The predicted molar refractivity (Wildman–Crippen MR) is 94.7 cm³/mol. The van der Waals surface area contributed by atoms with E-state index in [1.165, 1.54) is 7.11 Å².